The first-order chi connectivity index (χ1) is 6.18. The summed E-state index contributed by atoms with van der Waals surface area (Å²) in [6.45, 7) is 0. The zero-order valence-electron chi connectivity index (χ0n) is 7.73. The number of fused-ring (bicyclic) bond motifs is 1. The number of pyridine rings is 1. The lowest BCUT2D eigenvalue weighted by atomic mass is 10.3. The second kappa shape index (κ2) is 2.65. The Morgan fingerprint density at radius 3 is 2.92 bits per heavy atom. The van der Waals surface area contributed by atoms with Crippen molar-refractivity contribution in [1.29, 1.82) is 0 Å². The lowest BCUT2D eigenvalue weighted by Crippen LogP contribution is -2.08. The van der Waals surface area contributed by atoms with Crippen molar-refractivity contribution in [2.45, 2.75) is 0 Å². The molecule has 0 aromatic carbocycles. The molecule has 2 aromatic rings. The van der Waals surface area contributed by atoms with E-state index in [1.165, 1.54) is 0 Å². The maximum Gasteiger partial charge on any atom is 0.204 e. The van der Waals surface area contributed by atoms with E-state index in [1.54, 1.807) is 6.20 Å². The lowest BCUT2D eigenvalue weighted by Gasteiger charge is -2.12. The zero-order valence-corrected chi connectivity index (χ0v) is 7.73. The van der Waals surface area contributed by atoms with Crippen LogP contribution in [0.1, 0.15) is 0 Å². The Balaban J connectivity index is 2.63. The molecule has 4 nitrogen and oxygen atoms in total. The Morgan fingerprint density at radius 1 is 1.46 bits per heavy atom. The summed E-state index contributed by atoms with van der Waals surface area (Å²) in [5.74, 6) is 0.528. The Kier molecular flexibility index (Phi) is 1.62. The number of nitrogens with zero attached hydrogens (tertiary/aromatic N) is 3. The molecule has 2 N–H and O–H groups in total. The number of hydrogen-bond donors (Lipinski definition) is 1. The van der Waals surface area contributed by atoms with Crippen molar-refractivity contribution in [2.24, 2.45) is 0 Å². The highest BCUT2D eigenvalue weighted by Gasteiger charge is 2.00. The maximum absolute atomic E-state index is 5.64. The molecule has 0 saturated heterocycles. The van der Waals surface area contributed by atoms with Crippen molar-refractivity contribution < 1.29 is 0 Å². The van der Waals surface area contributed by atoms with Crippen molar-refractivity contribution in [2.75, 3.05) is 24.7 Å². The van der Waals surface area contributed by atoms with Crippen LogP contribution in [0.2, 0.25) is 0 Å². The van der Waals surface area contributed by atoms with Crippen molar-refractivity contribution in [3.8, 4) is 0 Å². The van der Waals surface area contributed by atoms with Gasteiger partial charge in [-0.2, -0.15) is 0 Å². The van der Waals surface area contributed by atoms with Crippen molar-refractivity contribution in [3.63, 3.8) is 0 Å². The summed E-state index contributed by atoms with van der Waals surface area (Å²) in [6, 6.07) is 4.05. The van der Waals surface area contributed by atoms with Crippen LogP contribution < -0.4 is 10.6 Å². The van der Waals surface area contributed by atoms with Gasteiger partial charge in [-0.05, 0) is 12.1 Å². The van der Waals surface area contributed by atoms with Crippen molar-refractivity contribution in [1.82, 2.24) is 9.38 Å². The third-order valence-corrected chi connectivity index (χ3v) is 2.06. The molecule has 0 aliphatic heterocycles. The molecule has 13 heavy (non-hydrogen) atoms. The molecule has 0 fully saturated rings. The second-order valence-electron chi connectivity index (χ2n) is 3.19. The fourth-order valence-electron chi connectivity index (χ4n) is 1.29. The molecule has 68 valence electrons. The van der Waals surface area contributed by atoms with E-state index in [1.807, 2.05) is 41.7 Å². The molecule has 0 bridgehead atoms. The summed E-state index contributed by atoms with van der Waals surface area (Å²) in [7, 11) is 4.01. The average Bonchev–Trinajstić information content (AvgIpc) is 2.47. The zero-order chi connectivity index (χ0) is 9.42. The molecule has 2 rings (SSSR count). The number of anilines is 2. The van der Waals surface area contributed by atoms with Crippen LogP contribution in [0.4, 0.5) is 11.6 Å². The van der Waals surface area contributed by atoms with E-state index in [-0.39, 0.29) is 0 Å². The molecule has 0 atom stereocenters. The molecule has 2 aromatic heterocycles. The summed E-state index contributed by atoms with van der Waals surface area (Å²) in [5.41, 5.74) is 7.80. The number of nitrogen functional groups attached to an aromatic ring is 1. The van der Waals surface area contributed by atoms with Crippen LogP contribution in [0, 0.1) is 0 Å². The molecule has 0 saturated carbocycles. The highest BCUT2D eigenvalue weighted by Crippen LogP contribution is 2.16. The van der Waals surface area contributed by atoms with Gasteiger partial charge >= 0.3 is 0 Å². The van der Waals surface area contributed by atoms with Gasteiger partial charge in [0, 0.05) is 26.0 Å². The third-order valence-electron chi connectivity index (χ3n) is 2.06. The van der Waals surface area contributed by atoms with E-state index < -0.39 is 0 Å². The smallest absolute Gasteiger partial charge is 0.204 e. The minimum absolute atomic E-state index is 0.528. The van der Waals surface area contributed by atoms with E-state index in [9.17, 15) is 0 Å². The highest BCUT2D eigenvalue weighted by molar-refractivity contribution is 5.60. The fraction of sp³-hybridized carbons (Fsp3) is 0.222. The van der Waals surface area contributed by atoms with Gasteiger partial charge in [-0.25, -0.2) is 4.98 Å². The van der Waals surface area contributed by atoms with Gasteiger partial charge in [0.2, 0.25) is 5.95 Å². The largest absolute Gasteiger partial charge is 0.378 e. The molecule has 0 unspecified atom stereocenters. The van der Waals surface area contributed by atoms with Gasteiger partial charge in [-0.1, -0.05) is 0 Å². The van der Waals surface area contributed by atoms with Gasteiger partial charge in [0.15, 0.2) is 0 Å². The van der Waals surface area contributed by atoms with Gasteiger partial charge in [-0.15, -0.1) is 0 Å². The lowest BCUT2D eigenvalue weighted by molar-refractivity contribution is 1.11. The van der Waals surface area contributed by atoms with Crippen LogP contribution in [0.15, 0.2) is 24.5 Å². The van der Waals surface area contributed by atoms with Crippen LogP contribution in [-0.4, -0.2) is 23.5 Å². The van der Waals surface area contributed by atoms with Crippen LogP contribution in [-0.2, 0) is 0 Å². The molecule has 0 radical (unpaired) electrons. The molecular weight excluding hydrogens is 164 g/mol. The van der Waals surface area contributed by atoms with Gasteiger partial charge in [0.25, 0.3) is 0 Å². The van der Waals surface area contributed by atoms with Crippen LogP contribution in [0.3, 0.4) is 0 Å². The molecule has 0 spiro atoms. The summed E-state index contributed by atoms with van der Waals surface area (Å²) < 4.78 is 1.85. The monoisotopic (exact) mass is 176 g/mol. The molecule has 0 aliphatic rings. The predicted molar refractivity (Wildman–Crippen MR) is 53.9 cm³/mol. The third kappa shape index (κ3) is 1.20. The maximum atomic E-state index is 5.64. The van der Waals surface area contributed by atoms with Crippen LogP contribution in [0.25, 0.3) is 5.52 Å². The normalized spacial score (nSPS) is 10.6. The molecule has 0 amide bonds. The Hall–Kier alpha value is -1.71. The molecule has 0 aliphatic carbocycles. The molecular formula is C9H12N4. The number of rotatable bonds is 1. The van der Waals surface area contributed by atoms with Crippen molar-refractivity contribution in [3.05, 3.63) is 24.5 Å². The van der Waals surface area contributed by atoms with Gasteiger partial charge in [0.05, 0.1) is 11.7 Å². The van der Waals surface area contributed by atoms with Gasteiger partial charge < -0.3 is 10.6 Å². The summed E-state index contributed by atoms with van der Waals surface area (Å²) >= 11 is 0. The first-order valence-electron chi connectivity index (χ1n) is 4.08. The number of nitrogens with two attached hydrogens (primary N) is 1. The Bertz CT molecular complexity index is 430. The highest BCUT2D eigenvalue weighted by atomic mass is 15.1. The van der Waals surface area contributed by atoms with Crippen molar-refractivity contribution >= 4 is 17.2 Å². The second-order valence-corrected chi connectivity index (χ2v) is 3.19. The van der Waals surface area contributed by atoms with E-state index in [0.29, 0.717) is 5.95 Å². The number of hydrogen-bond acceptors (Lipinski definition) is 3. The fourth-order valence-corrected chi connectivity index (χ4v) is 1.29. The SMILES string of the molecule is CN(C)c1ccn2c(N)ncc2c1. The first kappa shape index (κ1) is 7.91. The van der Waals surface area contributed by atoms with E-state index >= 15 is 0 Å². The Morgan fingerprint density at radius 2 is 2.23 bits per heavy atom. The number of imidazole rings is 1. The topological polar surface area (TPSA) is 46.6 Å². The first-order valence-corrected chi connectivity index (χ1v) is 4.08. The predicted octanol–water partition coefficient (Wildman–Crippen LogP) is 0.982. The molecule has 2 heterocycles. The minimum atomic E-state index is 0.528. The Labute approximate surface area is 76.6 Å². The average molecular weight is 176 g/mol. The standard InChI is InChI=1S/C9H12N4/c1-12(2)7-3-4-13-8(5-7)6-11-9(13)10/h3-6H,1-2H3,(H2,10,11). The van der Waals surface area contributed by atoms with E-state index in [4.69, 9.17) is 5.73 Å². The quantitative estimate of drug-likeness (QED) is 0.704. The molecule has 4 heteroatoms. The number of aromatic nitrogens is 2. The van der Waals surface area contributed by atoms with Crippen LogP contribution >= 0.6 is 0 Å². The summed E-state index contributed by atoms with van der Waals surface area (Å²) in [6.07, 6.45) is 3.69. The van der Waals surface area contributed by atoms with Crippen LogP contribution in [0.5, 0.6) is 0 Å². The van der Waals surface area contributed by atoms with E-state index in [2.05, 4.69) is 4.98 Å². The van der Waals surface area contributed by atoms with E-state index in [0.717, 1.165) is 11.2 Å². The minimum Gasteiger partial charge on any atom is -0.378 e. The summed E-state index contributed by atoms with van der Waals surface area (Å²) in [4.78, 5) is 6.06. The van der Waals surface area contributed by atoms with Gasteiger partial charge in [-0.3, -0.25) is 4.40 Å². The van der Waals surface area contributed by atoms with Gasteiger partial charge in [0.1, 0.15) is 0 Å². The summed E-state index contributed by atoms with van der Waals surface area (Å²) in [5, 5.41) is 0.